The largest absolute Gasteiger partial charge is 0.392 e. The van der Waals surface area contributed by atoms with Crippen LogP contribution in [0.4, 0.5) is 0 Å². The van der Waals surface area contributed by atoms with Crippen LogP contribution >= 0.6 is 0 Å². The van der Waals surface area contributed by atoms with Crippen LogP contribution in [0.2, 0.25) is 0 Å². The smallest absolute Gasteiger partial charge is 0.230 e. The second-order valence-corrected chi connectivity index (χ2v) is 10.7. The molecule has 3 aliphatic rings. The molecule has 0 radical (unpaired) electrons. The van der Waals surface area contributed by atoms with Gasteiger partial charge in [0.15, 0.2) is 0 Å². The van der Waals surface area contributed by atoms with E-state index in [4.69, 9.17) is 0 Å². The van der Waals surface area contributed by atoms with Crippen molar-refractivity contribution >= 4 is 5.91 Å². The lowest BCUT2D eigenvalue weighted by Crippen LogP contribution is -2.57. The van der Waals surface area contributed by atoms with Crippen LogP contribution in [0.25, 0.3) is 0 Å². The first-order valence-electron chi connectivity index (χ1n) is 12.2. The molecule has 34 heavy (non-hydrogen) atoms. The van der Waals surface area contributed by atoms with Gasteiger partial charge in [0, 0.05) is 17.9 Å². The van der Waals surface area contributed by atoms with Gasteiger partial charge in [-0.05, 0) is 50.2 Å². The Kier molecular flexibility index (Phi) is 6.89. The zero-order valence-corrected chi connectivity index (χ0v) is 20.2. The van der Waals surface area contributed by atoms with Gasteiger partial charge in [-0.25, -0.2) is 0 Å². The number of hydrogen-bond acceptors (Lipinski definition) is 5. The number of carbonyl (C=O) groups is 1. The van der Waals surface area contributed by atoms with Crippen molar-refractivity contribution in [2.24, 2.45) is 23.2 Å². The van der Waals surface area contributed by atoms with Crippen molar-refractivity contribution in [3.05, 3.63) is 71.3 Å². The number of aliphatic hydroxyl groups excluding tert-OH is 3. The minimum absolute atomic E-state index is 0.163. The van der Waals surface area contributed by atoms with Gasteiger partial charge >= 0.3 is 0 Å². The van der Waals surface area contributed by atoms with Gasteiger partial charge in [-0.2, -0.15) is 0 Å². The van der Waals surface area contributed by atoms with E-state index in [1.807, 2.05) is 56.3 Å². The molecule has 4 rings (SSSR count). The second kappa shape index (κ2) is 9.42. The Morgan fingerprint density at radius 3 is 2.53 bits per heavy atom. The zero-order chi connectivity index (χ0) is 24.7. The molecule has 1 spiro atoms. The molecule has 1 aromatic rings. The molecule has 1 amide bonds. The van der Waals surface area contributed by atoms with E-state index in [0.717, 1.165) is 11.1 Å². The first-order chi connectivity index (χ1) is 16.1. The molecular formula is C28H37NO5. The average molecular weight is 468 g/mol. The Bertz CT molecular complexity index is 997. The van der Waals surface area contributed by atoms with E-state index in [-0.39, 0.29) is 24.5 Å². The third kappa shape index (κ3) is 4.17. The molecule has 0 aromatic heterocycles. The van der Waals surface area contributed by atoms with E-state index in [1.165, 1.54) is 6.08 Å². The molecule has 2 aliphatic carbocycles. The van der Waals surface area contributed by atoms with Crippen molar-refractivity contribution in [2.45, 2.75) is 63.9 Å². The predicted molar refractivity (Wildman–Crippen MR) is 131 cm³/mol. The molecule has 5 N–H and O–H groups in total. The van der Waals surface area contributed by atoms with Crippen LogP contribution < -0.4 is 5.32 Å². The van der Waals surface area contributed by atoms with Crippen molar-refractivity contribution in [1.29, 1.82) is 0 Å². The van der Waals surface area contributed by atoms with Crippen LogP contribution in [0.3, 0.4) is 0 Å². The maximum Gasteiger partial charge on any atom is 0.230 e. The van der Waals surface area contributed by atoms with Gasteiger partial charge < -0.3 is 25.7 Å². The molecule has 6 nitrogen and oxygen atoms in total. The predicted octanol–water partition coefficient (Wildman–Crippen LogP) is 2.28. The summed E-state index contributed by atoms with van der Waals surface area (Å²) in [6.07, 6.45) is 6.30. The third-order valence-corrected chi connectivity index (χ3v) is 8.09. The van der Waals surface area contributed by atoms with E-state index >= 15 is 0 Å². The highest BCUT2D eigenvalue weighted by Crippen LogP contribution is 2.56. The van der Waals surface area contributed by atoms with Gasteiger partial charge in [-0.1, -0.05) is 67.1 Å². The first-order valence-corrected chi connectivity index (χ1v) is 12.2. The van der Waals surface area contributed by atoms with Gasteiger partial charge in [0.05, 0.1) is 29.8 Å². The van der Waals surface area contributed by atoms with Crippen LogP contribution in [-0.4, -0.2) is 56.8 Å². The normalized spacial score (nSPS) is 42.3. The summed E-state index contributed by atoms with van der Waals surface area (Å²) in [5.41, 5.74) is -0.192. The molecule has 0 saturated carbocycles. The fourth-order valence-corrected chi connectivity index (χ4v) is 6.59. The number of carbonyl (C=O) groups excluding carboxylic acids is 1. The number of benzene rings is 1. The van der Waals surface area contributed by atoms with Crippen LogP contribution in [0.1, 0.15) is 39.2 Å². The number of hydrogen-bond donors (Lipinski definition) is 5. The van der Waals surface area contributed by atoms with Gasteiger partial charge in [0.2, 0.25) is 5.91 Å². The van der Waals surface area contributed by atoms with Gasteiger partial charge in [-0.15, -0.1) is 0 Å². The van der Waals surface area contributed by atoms with Crippen LogP contribution in [0, 0.1) is 23.2 Å². The number of aliphatic hydroxyl groups is 4. The lowest BCUT2D eigenvalue weighted by molar-refractivity contribution is -0.142. The summed E-state index contributed by atoms with van der Waals surface area (Å²) in [5.74, 6) is -1.31. The fraction of sp³-hybridized carbons (Fsp3) is 0.536. The summed E-state index contributed by atoms with van der Waals surface area (Å²) in [7, 11) is 0. The van der Waals surface area contributed by atoms with Crippen molar-refractivity contribution in [3.8, 4) is 0 Å². The molecule has 0 unspecified atom stereocenters. The van der Waals surface area contributed by atoms with Crippen molar-refractivity contribution in [1.82, 2.24) is 5.32 Å². The number of nitrogens with one attached hydrogen (secondary N) is 1. The molecule has 1 heterocycles. The molecular weight excluding hydrogens is 430 g/mol. The Hall–Kier alpha value is -2.25. The summed E-state index contributed by atoms with van der Waals surface area (Å²) in [4.78, 5) is 13.8. The van der Waals surface area contributed by atoms with Crippen molar-refractivity contribution < 1.29 is 25.2 Å². The molecule has 1 saturated heterocycles. The zero-order valence-electron chi connectivity index (χ0n) is 20.2. The summed E-state index contributed by atoms with van der Waals surface area (Å²) in [6.45, 7) is 5.28. The van der Waals surface area contributed by atoms with Gasteiger partial charge in [-0.3, -0.25) is 4.79 Å². The highest BCUT2D eigenvalue weighted by molar-refractivity contribution is 5.89. The Morgan fingerprint density at radius 2 is 1.85 bits per heavy atom. The van der Waals surface area contributed by atoms with Crippen LogP contribution in [0.5, 0.6) is 0 Å². The van der Waals surface area contributed by atoms with E-state index in [9.17, 15) is 25.2 Å². The highest BCUT2D eigenvalue weighted by atomic mass is 16.3. The van der Waals surface area contributed by atoms with Crippen LogP contribution in [-0.2, 0) is 11.2 Å². The summed E-state index contributed by atoms with van der Waals surface area (Å²) in [6, 6.07) is 9.54. The van der Waals surface area contributed by atoms with E-state index < -0.39 is 35.1 Å². The first kappa shape index (κ1) is 24.9. The quantitative estimate of drug-likeness (QED) is 0.438. The molecule has 0 bridgehead atoms. The topological polar surface area (TPSA) is 110 Å². The third-order valence-electron chi connectivity index (χ3n) is 8.09. The minimum Gasteiger partial charge on any atom is -0.392 e. The average Bonchev–Trinajstić information content (AvgIpc) is 3.06. The summed E-state index contributed by atoms with van der Waals surface area (Å²) in [5, 5.41) is 47.2. The Labute approximate surface area is 201 Å². The Morgan fingerprint density at radius 1 is 1.15 bits per heavy atom. The van der Waals surface area contributed by atoms with Crippen molar-refractivity contribution in [3.63, 3.8) is 0 Å². The maximum absolute atomic E-state index is 13.8. The molecule has 184 valence electrons. The summed E-state index contributed by atoms with van der Waals surface area (Å²) < 4.78 is 0. The monoisotopic (exact) mass is 467 g/mol. The van der Waals surface area contributed by atoms with Gasteiger partial charge in [0.1, 0.15) is 0 Å². The van der Waals surface area contributed by atoms with E-state index in [2.05, 4.69) is 5.32 Å². The minimum atomic E-state index is -1.36. The number of allylic oxidation sites excluding steroid dienone is 1. The molecule has 1 aliphatic heterocycles. The maximum atomic E-state index is 13.8. The van der Waals surface area contributed by atoms with E-state index in [0.29, 0.717) is 24.8 Å². The molecule has 1 aromatic carbocycles. The number of amides is 1. The molecule has 6 heteroatoms. The summed E-state index contributed by atoms with van der Waals surface area (Å²) >= 11 is 0. The van der Waals surface area contributed by atoms with Crippen LogP contribution in [0.15, 0.2) is 65.8 Å². The highest BCUT2D eigenvalue weighted by Gasteiger charge is 2.66. The Balaban J connectivity index is 1.89. The second-order valence-electron chi connectivity index (χ2n) is 10.7. The molecule has 1 fully saturated rings. The molecule has 8 atom stereocenters. The van der Waals surface area contributed by atoms with Gasteiger partial charge in [0.25, 0.3) is 0 Å². The van der Waals surface area contributed by atoms with Crippen molar-refractivity contribution in [2.75, 3.05) is 6.61 Å². The van der Waals surface area contributed by atoms with E-state index in [1.54, 1.807) is 13.0 Å². The lowest BCUT2D eigenvalue weighted by atomic mass is 9.54. The number of rotatable bonds is 3. The fourth-order valence-electron chi connectivity index (χ4n) is 6.59. The lowest BCUT2D eigenvalue weighted by Gasteiger charge is -2.49. The SMILES string of the molecule is CC1=C(CO)[C@@H](O)[C@@H]2/C=C/C[C@H](C)C[C@@](C)(O)/C=C/[C@@H](O)[C@]23C(=O)N[C@@H](Cc2ccccc2)[C@H]13. The standard InChI is InChI=1S/C28H37NO5/c1-17-8-7-11-21-25(32)20(16-30)18(2)24-22(14-19-9-5-4-6-10-19)29-26(33)28(21,24)23(31)12-13-27(3,34)15-17/h4-7,9-13,17,21-25,30-32,34H,8,14-16H2,1-3H3,(H,29,33)/b11-7+,13-12+/t17-,21-,22-,23+,24-,25+,27-,28+/m0/s1.